The first-order valence-corrected chi connectivity index (χ1v) is 9.86. The highest BCUT2D eigenvalue weighted by molar-refractivity contribution is 5.81. The monoisotopic (exact) mass is 376 g/mol. The largest absolute Gasteiger partial charge is 0.354 e. The van der Waals surface area contributed by atoms with E-state index in [-0.39, 0.29) is 17.5 Å². The van der Waals surface area contributed by atoms with Crippen LogP contribution in [-0.4, -0.2) is 49.1 Å². The van der Waals surface area contributed by atoms with Gasteiger partial charge in [0.25, 0.3) is 0 Å². The fourth-order valence-corrected chi connectivity index (χ4v) is 3.82. The highest BCUT2D eigenvalue weighted by Crippen LogP contribution is 2.43. The van der Waals surface area contributed by atoms with Crippen molar-refractivity contribution in [3.05, 3.63) is 47.5 Å². The standard InChI is InChI=1S/C21H30F2N4/c1-4-24-21(25-15-8-10-27(11-9-15)13-14(2)3)26-19-12-16(19)20-17(22)6-5-7-18(20)23/h5-7,15-16,19H,2,4,8-13H2,1,3H3,(H2,24,25,26). The van der Waals surface area contributed by atoms with Crippen LogP contribution < -0.4 is 10.6 Å². The van der Waals surface area contributed by atoms with Crippen molar-refractivity contribution in [1.82, 2.24) is 15.5 Å². The minimum absolute atomic E-state index is 0.0257. The molecular formula is C21H30F2N4. The van der Waals surface area contributed by atoms with Crippen LogP contribution in [0, 0.1) is 11.6 Å². The first kappa shape index (κ1) is 19.8. The normalized spacial score (nSPS) is 23.9. The Balaban J connectivity index is 1.53. The fourth-order valence-electron chi connectivity index (χ4n) is 3.82. The molecule has 2 unspecified atom stereocenters. The highest BCUT2D eigenvalue weighted by Gasteiger charge is 2.42. The Labute approximate surface area is 160 Å². The molecule has 1 heterocycles. The number of benzene rings is 1. The Morgan fingerprint density at radius 2 is 1.89 bits per heavy atom. The summed E-state index contributed by atoms with van der Waals surface area (Å²) in [7, 11) is 0. The van der Waals surface area contributed by atoms with Gasteiger partial charge >= 0.3 is 0 Å². The van der Waals surface area contributed by atoms with E-state index in [1.54, 1.807) is 0 Å². The van der Waals surface area contributed by atoms with Gasteiger partial charge in [-0.25, -0.2) is 8.78 Å². The molecule has 0 radical (unpaired) electrons. The molecule has 2 aliphatic rings. The Morgan fingerprint density at radius 1 is 1.22 bits per heavy atom. The van der Waals surface area contributed by atoms with E-state index in [0.29, 0.717) is 12.6 Å². The molecular weight excluding hydrogens is 346 g/mol. The molecule has 1 aliphatic heterocycles. The van der Waals surface area contributed by atoms with Gasteiger partial charge in [-0.1, -0.05) is 18.2 Å². The molecule has 2 atom stereocenters. The average molecular weight is 376 g/mol. The van der Waals surface area contributed by atoms with Gasteiger partial charge in [0.05, 0.1) is 0 Å². The smallest absolute Gasteiger partial charge is 0.191 e. The minimum Gasteiger partial charge on any atom is -0.354 e. The Bertz CT molecular complexity index is 675. The molecule has 4 nitrogen and oxygen atoms in total. The Kier molecular flexibility index (Phi) is 6.47. The van der Waals surface area contributed by atoms with Crippen molar-refractivity contribution in [3.8, 4) is 0 Å². The maximum Gasteiger partial charge on any atom is 0.191 e. The number of guanidine groups is 1. The second-order valence-electron chi connectivity index (χ2n) is 7.70. The van der Waals surface area contributed by atoms with Gasteiger partial charge in [0, 0.05) is 49.7 Å². The zero-order valence-corrected chi connectivity index (χ0v) is 16.3. The Hall–Kier alpha value is -1.95. The maximum atomic E-state index is 14.0. The van der Waals surface area contributed by atoms with Gasteiger partial charge in [0.15, 0.2) is 5.96 Å². The second kappa shape index (κ2) is 8.83. The molecule has 1 aromatic carbocycles. The zero-order valence-electron chi connectivity index (χ0n) is 16.3. The molecule has 1 saturated carbocycles. The van der Waals surface area contributed by atoms with Crippen LogP contribution in [0.25, 0.3) is 0 Å². The number of halogens is 2. The molecule has 148 valence electrons. The van der Waals surface area contributed by atoms with E-state index in [2.05, 4.69) is 34.0 Å². The molecule has 3 rings (SSSR count). The number of nitrogens with zero attached hydrogens (tertiary/aromatic N) is 2. The van der Waals surface area contributed by atoms with Gasteiger partial charge in [-0.2, -0.15) is 0 Å². The van der Waals surface area contributed by atoms with Gasteiger partial charge in [-0.3, -0.25) is 9.89 Å². The van der Waals surface area contributed by atoms with E-state index in [4.69, 9.17) is 0 Å². The zero-order chi connectivity index (χ0) is 19.4. The Morgan fingerprint density at radius 3 is 2.48 bits per heavy atom. The number of likely N-dealkylation sites (tertiary alicyclic amines) is 1. The SMILES string of the molecule is C=C(C)CN1CCC(NC(=NCC)NC2CC2c2c(F)cccc2F)CC1. The van der Waals surface area contributed by atoms with Crippen LogP contribution in [-0.2, 0) is 0 Å². The van der Waals surface area contributed by atoms with Crippen LogP contribution in [0.4, 0.5) is 8.78 Å². The lowest BCUT2D eigenvalue weighted by molar-refractivity contribution is 0.221. The number of aliphatic imine (C=N–C) groups is 1. The van der Waals surface area contributed by atoms with Crippen molar-refractivity contribution in [2.45, 2.75) is 51.1 Å². The van der Waals surface area contributed by atoms with Crippen LogP contribution in [0.15, 0.2) is 35.3 Å². The van der Waals surface area contributed by atoms with Crippen LogP contribution in [0.1, 0.15) is 44.6 Å². The molecule has 0 aromatic heterocycles. The number of hydrogen-bond acceptors (Lipinski definition) is 2. The molecule has 0 amide bonds. The number of piperidine rings is 1. The topological polar surface area (TPSA) is 39.7 Å². The summed E-state index contributed by atoms with van der Waals surface area (Å²) < 4.78 is 28.0. The van der Waals surface area contributed by atoms with E-state index in [0.717, 1.165) is 44.9 Å². The summed E-state index contributed by atoms with van der Waals surface area (Å²) in [6, 6.07) is 4.45. The van der Waals surface area contributed by atoms with E-state index in [1.165, 1.54) is 23.8 Å². The lowest BCUT2D eigenvalue weighted by Crippen LogP contribution is -2.49. The van der Waals surface area contributed by atoms with Crippen molar-refractivity contribution in [2.24, 2.45) is 4.99 Å². The van der Waals surface area contributed by atoms with Crippen molar-refractivity contribution < 1.29 is 8.78 Å². The van der Waals surface area contributed by atoms with Crippen molar-refractivity contribution >= 4 is 5.96 Å². The third-order valence-electron chi connectivity index (χ3n) is 5.22. The fraction of sp³-hybridized carbons (Fsp3) is 0.571. The lowest BCUT2D eigenvalue weighted by atomic mass is 10.0. The summed E-state index contributed by atoms with van der Waals surface area (Å²) in [5.41, 5.74) is 1.38. The van der Waals surface area contributed by atoms with Crippen LogP contribution in [0.5, 0.6) is 0 Å². The number of hydrogen-bond donors (Lipinski definition) is 2. The summed E-state index contributed by atoms with van der Waals surface area (Å²) in [6.07, 6.45) is 2.82. The molecule has 0 bridgehead atoms. The van der Waals surface area contributed by atoms with Crippen LogP contribution >= 0.6 is 0 Å². The summed E-state index contributed by atoms with van der Waals surface area (Å²) in [4.78, 5) is 6.94. The summed E-state index contributed by atoms with van der Waals surface area (Å²) in [5, 5.41) is 6.87. The quantitative estimate of drug-likeness (QED) is 0.454. The maximum absolute atomic E-state index is 14.0. The number of nitrogens with one attached hydrogen (secondary N) is 2. The van der Waals surface area contributed by atoms with Gasteiger partial charge in [0.1, 0.15) is 11.6 Å². The molecule has 1 aromatic rings. The molecule has 6 heteroatoms. The molecule has 27 heavy (non-hydrogen) atoms. The molecule has 2 N–H and O–H groups in total. The van der Waals surface area contributed by atoms with Gasteiger partial charge in [-0.15, -0.1) is 0 Å². The van der Waals surface area contributed by atoms with Crippen molar-refractivity contribution in [2.75, 3.05) is 26.2 Å². The third kappa shape index (κ3) is 5.28. The highest BCUT2D eigenvalue weighted by atomic mass is 19.1. The van der Waals surface area contributed by atoms with Crippen LogP contribution in [0.2, 0.25) is 0 Å². The van der Waals surface area contributed by atoms with Crippen molar-refractivity contribution in [1.29, 1.82) is 0 Å². The summed E-state index contributed by atoms with van der Waals surface area (Å²) >= 11 is 0. The average Bonchev–Trinajstić information content (AvgIpc) is 3.35. The van der Waals surface area contributed by atoms with Crippen molar-refractivity contribution in [3.63, 3.8) is 0 Å². The van der Waals surface area contributed by atoms with E-state index < -0.39 is 11.6 Å². The van der Waals surface area contributed by atoms with Gasteiger partial charge < -0.3 is 10.6 Å². The molecule has 0 spiro atoms. The first-order valence-electron chi connectivity index (χ1n) is 9.86. The minimum atomic E-state index is -0.462. The first-order chi connectivity index (χ1) is 13.0. The van der Waals surface area contributed by atoms with E-state index in [9.17, 15) is 8.78 Å². The third-order valence-corrected chi connectivity index (χ3v) is 5.22. The lowest BCUT2D eigenvalue weighted by Gasteiger charge is -2.33. The van der Waals surface area contributed by atoms with E-state index >= 15 is 0 Å². The predicted molar refractivity (Wildman–Crippen MR) is 106 cm³/mol. The molecule has 2 fully saturated rings. The summed E-state index contributed by atoms with van der Waals surface area (Å²) in [6.45, 7) is 11.7. The number of rotatable bonds is 6. The summed E-state index contributed by atoms with van der Waals surface area (Å²) in [5.74, 6) is -0.306. The predicted octanol–water partition coefficient (Wildman–Crippen LogP) is 3.42. The van der Waals surface area contributed by atoms with Crippen LogP contribution in [0.3, 0.4) is 0 Å². The molecule has 1 saturated heterocycles. The van der Waals surface area contributed by atoms with E-state index in [1.807, 2.05) is 6.92 Å². The van der Waals surface area contributed by atoms with Gasteiger partial charge in [0.2, 0.25) is 0 Å². The van der Waals surface area contributed by atoms with Gasteiger partial charge in [-0.05, 0) is 45.2 Å². The second-order valence-corrected chi connectivity index (χ2v) is 7.70. The molecule has 1 aliphatic carbocycles.